The molecule has 7 heteroatoms. The minimum Gasteiger partial charge on any atom is -0.459 e. The Morgan fingerprint density at radius 3 is 2.64 bits per heavy atom. The van der Waals surface area contributed by atoms with Crippen LogP contribution in [0.2, 0.25) is 0 Å². The Morgan fingerprint density at radius 1 is 1.32 bits per heavy atom. The number of carbonyl (C=O) groups is 2. The van der Waals surface area contributed by atoms with E-state index < -0.39 is 12.1 Å². The Bertz CT molecular complexity index is 661. The second-order valence-electron chi connectivity index (χ2n) is 7.21. The second-order valence-corrected chi connectivity index (χ2v) is 7.21. The monoisotopic (exact) mass is 390 g/mol. The molecule has 0 aliphatic rings. The molecule has 1 atom stereocenters. The second kappa shape index (κ2) is 12.3. The van der Waals surface area contributed by atoms with Crippen LogP contribution in [0.1, 0.15) is 43.2 Å². The summed E-state index contributed by atoms with van der Waals surface area (Å²) < 4.78 is 5.30. The van der Waals surface area contributed by atoms with Crippen molar-refractivity contribution in [1.29, 1.82) is 0 Å². The highest BCUT2D eigenvalue weighted by Gasteiger charge is 2.14. The predicted molar refractivity (Wildman–Crippen MR) is 111 cm³/mol. The van der Waals surface area contributed by atoms with Crippen LogP contribution in [0.5, 0.6) is 0 Å². The van der Waals surface area contributed by atoms with E-state index in [-0.39, 0.29) is 12.2 Å². The summed E-state index contributed by atoms with van der Waals surface area (Å²) in [5.74, 6) is -0.450. The number of hydrogen-bond donors (Lipinski definition) is 1. The van der Waals surface area contributed by atoms with Gasteiger partial charge in [-0.2, -0.15) is 0 Å². The van der Waals surface area contributed by atoms with Crippen molar-refractivity contribution in [3.05, 3.63) is 41.9 Å². The van der Waals surface area contributed by atoms with Gasteiger partial charge < -0.3 is 19.9 Å². The molecular formula is C21H34N4O3. The topological polar surface area (TPSA) is 74.8 Å². The van der Waals surface area contributed by atoms with Crippen LogP contribution in [0.3, 0.4) is 0 Å². The van der Waals surface area contributed by atoms with Crippen LogP contribution in [0, 0.1) is 0 Å². The van der Waals surface area contributed by atoms with Gasteiger partial charge in [-0.3, -0.25) is 9.78 Å². The molecule has 1 N–H and O–H groups in total. The van der Waals surface area contributed by atoms with E-state index in [1.807, 2.05) is 0 Å². The number of Topliss-reactive ketones (excluding diaryl/α,β-unsaturated/α-hetero) is 1. The zero-order valence-corrected chi connectivity index (χ0v) is 17.8. The standard InChI is InChI=1S/C21H34N4O3/c1-7-25(11-10-24(5)6)16(2)14-22-15-20-13-19(8-9-23-20)21(27)28-18(4)12-17(3)26/h8-9,13,18,22H,2,7,10-12,14-15H2,1,3-6H3. The smallest absolute Gasteiger partial charge is 0.338 e. The maximum atomic E-state index is 12.2. The molecule has 0 aliphatic heterocycles. The fraction of sp³-hybridized carbons (Fsp3) is 0.571. The summed E-state index contributed by atoms with van der Waals surface area (Å²) in [6, 6.07) is 3.33. The number of aromatic nitrogens is 1. The molecule has 0 saturated heterocycles. The van der Waals surface area contributed by atoms with E-state index >= 15 is 0 Å². The lowest BCUT2D eigenvalue weighted by molar-refractivity contribution is -0.118. The van der Waals surface area contributed by atoms with Crippen LogP contribution in [0.25, 0.3) is 0 Å². The SMILES string of the molecule is C=C(CNCc1cc(C(=O)OC(C)CC(C)=O)ccn1)N(CC)CCN(C)C. The molecule has 1 aromatic rings. The molecular weight excluding hydrogens is 356 g/mol. The summed E-state index contributed by atoms with van der Waals surface area (Å²) >= 11 is 0. The van der Waals surface area contributed by atoms with E-state index in [9.17, 15) is 9.59 Å². The molecule has 0 radical (unpaired) electrons. The summed E-state index contributed by atoms with van der Waals surface area (Å²) in [5.41, 5.74) is 2.21. The summed E-state index contributed by atoms with van der Waals surface area (Å²) in [5, 5.41) is 3.32. The Kier molecular flexibility index (Phi) is 10.4. The molecule has 0 aromatic carbocycles. The summed E-state index contributed by atoms with van der Waals surface area (Å²) in [7, 11) is 4.11. The normalized spacial score (nSPS) is 11.9. The van der Waals surface area contributed by atoms with Gasteiger partial charge in [0.25, 0.3) is 0 Å². The Hall–Kier alpha value is -2.25. The number of carbonyl (C=O) groups excluding carboxylic acids is 2. The Labute approximate surface area is 168 Å². The fourth-order valence-corrected chi connectivity index (χ4v) is 2.71. The van der Waals surface area contributed by atoms with Crippen molar-refractivity contribution >= 4 is 11.8 Å². The van der Waals surface area contributed by atoms with Gasteiger partial charge in [0.1, 0.15) is 11.9 Å². The lowest BCUT2D eigenvalue weighted by atomic mass is 10.2. The van der Waals surface area contributed by atoms with E-state index in [4.69, 9.17) is 4.74 Å². The third-order valence-corrected chi connectivity index (χ3v) is 4.22. The van der Waals surface area contributed by atoms with Crippen molar-refractivity contribution < 1.29 is 14.3 Å². The maximum absolute atomic E-state index is 12.2. The number of ether oxygens (including phenoxy) is 1. The van der Waals surface area contributed by atoms with Crippen LogP contribution in [-0.4, -0.2) is 72.9 Å². The van der Waals surface area contributed by atoms with Crippen LogP contribution >= 0.6 is 0 Å². The van der Waals surface area contributed by atoms with Gasteiger partial charge >= 0.3 is 5.97 Å². The Balaban J connectivity index is 2.53. The zero-order chi connectivity index (χ0) is 21.1. The molecule has 1 unspecified atom stereocenters. The van der Waals surface area contributed by atoms with Crippen molar-refractivity contribution in [2.24, 2.45) is 0 Å². The van der Waals surface area contributed by atoms with E-state index in [0.29, 0.717) is 18.7 Å². The molecule has 0 saturated carbocycles. The van der Waals surface area contributed by atoms with Crippen LogP contribution in [0.4, 0.5) is 0 Å². The first-order valence-electron chi connectivity index (χ1n) is 9.66. The average molecular weight is 391 g/mol. The van der Waals surface area contributed by atoms with Crippen molar-refractivity contribution in [2.45, 2.75) is 39.8 Å². The quantitative estimate of drug-likeness (QED) is 0.517. The molecule has 1 rings (SSSR count). The number of rotatable bonds is 13. The highest BCUT2D eigenvalue weighted by atomic mass is 16.5. The lowest BCUT2D eigenvalue weighted by Gasteiger charge is -2.27. The van der Waals surface area contributed by atoms with E-state index in [1.165, 1.54) is 6.92 Å². The number of likely N-dealkylation sites (N-methyl/N-ethyl adjacent to an activating group) is 2. The minimum absolute atomic E-state index is 0.00754. The van der Waals surface area contributed by atoms with Gasteiger partial charge in [0.2, 0.25) is 0 Å². The summed E-state index contributed by atoms with van der Waals surface area (Å²) in [6.45, 7) is 13.5. The van der Waals surface area contributed by atoms with Gasteiger partial charge in [-0.1, -0.05) is 6.58 Å². The predicted octanol–water partition coefficient (Wildman–Crippen LogP) is 2.09. The van der Waals surface area contributed by atoms with Crippen molar-refractivity contribution in [3.63, 3.8) is 0 Å². The average Bonchev–Trinajstić information content (AvgIpc) is 2.61. The van der Waals surface area contributed by atoms with Crippen molar-refractivity contribution in [1.82, 2.24) is 20.1 Å². The van der Waals surface area contributed by atoms with Gasteiger partial charge in [0.05, 0.1) is 11.3 Å². The largest absolute Gasteiger partial charge is 0.459 e. The molecule has 0 aliphatic carbocycles. The number of hydrogen-bond acceptors (Lipinski definition) is 7. The third kappa shape index (κ3) is 9.10. The van der Waals surface area contributed by atoms with Gasteiger partial charge in [-0.25, -0.2) is 4.79 Å². The van der Waals surface area contributed by atoms with Crippen LogP contribution < -0.4 is 5.32 Å². The number of ketones is 1. The zero-order valence-electron chi connectivity index (χ0n) is 17.8. The molecule has 0 fully saturated rings. The molecule has 156 valence electrons. The molecule has 28 heavy (non-hydrogen) atoms. The minimum atomic E-state index is -0.442. The highest BCUT2D eigenvalue weighted by Crippen LogP contribution is 2.08. The summed E-state index contributed by atoms with van der Waals surface area (Å²) in [6.07, 6.45) is 1.37. The number of esters is 1. The Morgan fingerprint density at radius 2 is 2.04 bits per heavy atom. The fourth-order valence-electron chi connectivity index (χ4n) is 2.71. The number of nitrogens with zero attached hydrogens (tertiary/aromatic N) is 3. The highest BCUT2D eigenvalue weighted by molar-refractivity contribution is 5.89. The maximum Gasteiger partial charge on any atom is 0.338 e. The van der Waals surface area contributed by atoms with Gasteiger partial charge in [-0.15, -0.1) is 0 Å². The lowest BCUT2D eigenvalue weighted by Crippen LogP contribution is -2.34. The molecule has 1 heterocycles. The van der Waals surface area contributed by atoms with Crippen molar-refractivity contribution in [3.8, 4) is 0 Å². The van der Waals surface area contributed by atoms with Crippen LogP contribution in [0.15, 0.2) is 30.6 Å². The van der Waals surface area contributed by atoms with E-state index in [2.05, 4.69) is 47.7 Å². The van der Waals surface area contributed by atoms with Gasteiger partial charge in [-0.05, 0) is 47.0 Å². The van der Waals surface area contributed by atoms with Gasteiger partial charge in [0, 0.05) is 51.0 Å². The number of pyridine rings is 1. The first-order chi connectivity index (χ1) is 13.2. The van der Waals surface area contributed by atoms with Crippen LogP contribution in [-0.2, 0) is 16.1 Å². The van der Waals surface area contributed by atoms with E-state index in [0.717, 1.165) is 31.0 Å². The summed E-state index contributed by atoms with van der Waals surface area (Å²) in [4.78, 5) is 32.0. The molecule has 0 bridgehead atoms. The molecule has 0 spiro atoms. The van der Waals surface area contributed by atoms with Crippen molar-refractivity contribution in [2.75, 3.05) is 40.3 Å². The van der Waals surface area contributed by atoms with Gasteiger partial charge in [0.15, 0.2) is 0 Å². The molecule has 0 amide bonds. The first-order valence-corrected chi connectivity index (χ1v) is 9.66. The first kappa shape index (κ1) is 23.8. The number of nitrogens with one attached hydrogen (secondary N) is 1. The molecule has 7 nitrogen and oxygen atoms in total. The molecule has 1 aromatic heterocycles. The van der Waals surface area contributed by atoms with E-state index in [1.54, 1.807) is 25.3 Å². The third-order valence-electron chi connectivity index (χ3n) is 4.22.